The molecule has 0 saturated heterocycles. The highest BCUT2D eigenvalue weighted by Crippen LogP contribution is 2.18. The number of halogens is 2. The number of ether oxygens (including phenoxy) is 1. The lowest BCUT2D eigenvalue weighted by molar-refractivity contribution is 0.0601. The van der Waals surface area contributed by atoms with Crippen LogP contribution in [0, 0.1) is 5.82 Å². The van der Waals surface area contributed by atoms with Crippen LogP contribution in [0.4, 0.5) is 4.39 Å². The molecule has 1 aromatic heterocycles. The van der Waals surface area contributed by atoms with Gasteiger partial charge >= 0.3 is 5.97 Å². The molecule has 7 heteroatoms. The summed E-state index contributed by atoms with van der Waals surface area (Å²) >= 11 is 5.99. The van der Waals surface area contributed by atoms with Crippen LogP contribution in [0.1, 0.15) is 15.9 Å². The average molecular weight is 347 g/mol. The van der Waals surface area contributed by atoms with Gasteiger partial charge in [0.25, 0.3) is 5.56 Å². The topological polar surface area (TPSA) is 61.2 Å². The largest absolute Gasteiger partial charge is 0.465 e. The molecule has 0 bridgehead atoms. The van der Waals surface area contributed by atoms with E-state index in [9.17, 15) is 14.0 Å². The molecular weight excluding hydrogens is 335 g/mol. The number of nitrogens with zero attached hydrogens (tertiary/aromatic N) is 2. The lowest BCUT2D eigenvalue weighted by Gasteiger charge is -2.09. The normalized spacial score (nSPS) is 10.8. The van der Waals surface area contributed by atoms with Crippen molar-refractivity contribution in [2.75, 3.05) is 7.11 Å². The Kier molecular flexibility index (Phi) is 4.31. The first-order valence-electron chi connectivity index (χ1n) is 7.01. The van der Waals surface area contributed by atoms with Gasteiger partial charge in [-0.25, -0.2) is 14.2 Å². The van der Waals surface area contributed by atoms with Crippen LogP contribution in [0.5, 0.6) is 0 Å². The van der Waals surface area contributed by atoms with Gasteiger partial charge in [0.2, 0.25) is 0 Å². The average Bonchev–Trinajstić information content (AvgIpc) is 2.58. The van der Waals surface area contributed by atoms with Crippen LogP contribution in [-0.2, 0) is 11.3 Å². The molecule has 24 heavy (non-hydrogen) atoms. The van der Waals surface area contributed by atoms with Crippen molar-refractivity contribution in [2.24, 2.45) is 0 Å². The quantitative estimate of drug-likeness (QED) is 0.684. The third-order valence-corrected chi connectivity index (χ3v) is 3.95. The molecule has 0 radical (unpaired) electrons. The SMILES string of the molecule is COC(=O)c1ccc2c(=O)n(Cc3ccc(F)cc3Cl)cnc2c1. The summed E-state index contributed by atoms with van der Waals surface area (Å²) in [6.07, 6.45) is 1.37. The number of hydrogen-bond donors (Lipinski definition) is 0. The molecule has 0 aliphatic rings. The maximum Gasteiger partial charge on any atom is 0.337 e. The molecule has 0 aliphatic carbocycles. The summed E-state index contributed by atoms with van der Waals surface area (Å²) in [4.78, 5) is 28.3. The van der Waals surface area contributed by atoms with E-state index in [1.807, 2.05) is 0 Å². The number of methoxy groups -OCH3 is 1. The molecular formula is C17H12ClFN2O3. The number of carbonyl (C=O) groups is 1. The van der Waals surface area contributed by atoms with Gasteiger partial charge in [-0.2, -0.15) is 0 Å². The van der Waals surface area contributed by atoms with Crippen LogP contribution in [0.2, 0.25) is 5.02 Å². The van der Waals surface area contributed by atoms with Crippen molar-refractivity contribution in [1.82, 2.24) is 9.55 Å². The molecule has 1 heterocycles. The van der Waals surface area contributed by atoms with E-state index in [4.69, 9.17) is 11.6 Å². The van der Waals surface area contributed by atoms with E-state index >= 15 is 0 Å². The Balaban J connectivity index is 2.03. The molecule has 0 aliphatic heterocycles. The minimum absolute atomic E-state index is 0.166. The second-order valence-corrected chi connectivity index (χ2v) is 5.54. The van der Waals surface area contributed by atoms with Crippen molar-refractivity contribution in [3.8, 4) is 0 Å². The zero-order valence-electron chi connectivity index (χ0n) is 12.6. The monoisotopic (exact) mass is 346 g/mol. The Morgan fingerprint density at radius 3 is 2.79 bits per heavy atom. The molecule has 122 valence electrons. The lowest BCUT2D eigenvalue weighted by Crippen LogP contribution is -2.21. The summed E-state index contributed by atoms with van der Waals surface area (Å²) < 4.78 is 19.1. The molecule has 0 spiro atoms. The summed E-state index contributed by atoms with van der Waals surface area (Å²) in [5.74, 6) is -0.941. The number of fused-ring (bicyclic) bond motifs is 1. The second-order valence-electron chi connectivity index (χ2n) is 5.14. The van der Waals surface area contributed by atoms with E-state index in [0.717, 1.165) is 0 Å². The minimum Gasteiger partial charge on any atom is -0.465 e. The third kappa shape index (κ3) is 3.00. The zero-order chi connectivity index (χ0) is 17.3. The van der Waals surface area contributed by atoms with E-state index in [1.54, 1.807) is 0 Å². The fraction of sp³-hybridized carbons (Fsp3) is 0.118. The maximum absolute atomic E-state index is 13.1. The van der Waals surface area contributed by atoms with Gasteiger partial charge in [-0.15, -0.1) is 0 Å². The van der Waals surface area contributed by atoms with Crippen molar-refractivity contribution >= 4 is 28.5 Å². The summed E-state index contributed by atoms with van der Waals surface area (Å²) in [5.41, 5.74) is 1.03. The molecule has 2 aromatic carbocycles. The Morgan fingerprint density at radius 1 is 1.29 bits per heavy atom. The number of aromatic nitrogens is 2. The molecule has 0 amide bonds. The van der Waals surface area contributed by atoms with Crippen molar-refractivity contribution in [2.45, 2.75) is 6.54 Å². The highest BCUT2D eigenvalue weighted by molar-refractivity contribution is 6.31. The Labute approximate surface area is 141 Å². The van der Waals surface area contributed by atoms with Crippen molar-refractivity contribution in [3.63, 3.8) is 0 Å². The van der Waals surface area contributed by atoms with Crippen LogP contribution in [0.15, 0.2) is 47.5 Å². The summed E-state index contributed by atoms with van der Waals surface area (Å²) in [7, 11) is 1.28. The van der Waals surface area contributed by atoms with Crippen LogP contribution >= 0.6 is 11.6 Å². The van der Waals surface area contributed by atoms with Crippen LogP contribution in [0.3, 0.4) is 0 Å². The predicted octanol–water partition coefficient (Wildman–Crippen LogP) is 3.02. The summed E-state index contributed by atoms with van der Waals surface area (Å²) in [5, 5.41) is 0.603. The van der Waals surface area contributed by atoms with Gasteiger partial charge in [0.1, 0.15) is 5.82 Å². The third-order valence-electron chi connectivity index (χ3n) is 3.60. The van der Waals surface area contributed by atoms with Crippen LogP contribution in [-0.4, -0.2) is 22.6 Å². The first-order chi connectivity index (χ1) is 11.5. The van der Waals surface area contributed by atoms with E-state index in [1.165, 1.54) is 54.4 Å². The zero-order valence-corrected chi connectivity index (χ0v) is 13.4. The number of hydrogen-bond acceptors (Lipinski definition) is 4. The predicted molar refractivity (Wildman–Crippen MR) is 87.9 cm³/mol. The van der Waals surface area contributed by atoms with E-state index in [0.29, 0.717) is 22.0 Å². The van der Waals surface area contributed by atoms with Gasteiger partial charge in [-0.1, -0.05) is 17.7 Å². The van der Waals surface area contributed by atoms with Gasteiger partial charge < -0.3 is 4.74 Å². The van der Waals surface area contributed by atoms with Crippen molar-refractivity contribution in [1.29, 1.82) is 0 Å². The van der Waals surface area contributed by atoms with Gasteiger partial charge in [0.15, 0.2) is 0 Å². The number of benzene rings is 2. The lowest BCUT2D eigenvalue weighted by atomic mass is 10.1. The van der Waals surface area contributed by atoms with Crippen molar-refractivity contribution < 1.29 is 13.9 Å². The number of rotatable bonds is 3. The molecule has 3 aromatic rings. The Hall–Kier alpha value is -2.73. The first-order valence-corrected chi connectivity index (χ1v) is 7.39. The maximum atomic E-state index is 13.1. The van der Waals surface area contributed by atoms with Gasteiger partial charge in [-0.3, -0.25) is 9.36 Å². The first kappa shape index (κ1) is 16.1. The fourth-order valence-corrected chi connectivity index (χ4v) is 2.58. The van der Waals surface area contributed by atoms with E-state index < -0.39 is 11.8 Å². The molecule has 0 unspecified atom stereocenters. The van der Waals surface area contributed by atoms with Gasteiger partial charge in [-0.05, 0) is 35.9 Å². The van der Waals surface area contributed by atoms with Gasteiger partial charge in [0.05, 0.1) is 36.4 Å². The summed E-state index contributed by atoms with van der Waals surface area (Å²) in [6.45, 7) is 0.166. The molecule has 5 nitrogen and oxygen atoms in total. The van der Waals surface area contributed by atoms with Crippen molar-refractivity contribution in [3.05, 3.63) is 75.0 Å². The second kappa shape index (κ2) is 6.41. The molecule has 3 rings (SSSR count). The van der Waals surface area contributed by atoms with Gasteiger partial charge in [0, 0.05) is 5.02 Å². The van der Waals surface area contributed by atoms with Crippen LogP contribution in [0.25, 0.3) is 10.9 Å². The Bertz CT molecular complexity index is 1000. The molecule has 0 fully saturated rings. The molecule has 0 N–H and O–H groups in total. The molecule has 0 atom stereocenters. The number of esters is 1. The number of carbonyl (C=O) groups excluding carboxylic acids is 1. The highest BCUT2D eigenvalue weighted by Gasteiger charge is 2.11. The molecule has 0 saturated carbocycles. The van der Waals surface area contributed by atoms with Crippen LogP contribution < -0.4 is 5.56 Å². The highest BCUT2D eigenvalue weighted by atomic mass is 35.5. The standard InChI is InChI=1S/C17H12ClFN2O3/c1-24-17(23)10-3-5-13-15(6-10)20-9-21(16(13)22)8-11-2-4-12(19)7-14(11)18/h2-7,9H,8H2,1H3. The summed E-state index contributed by atoms with van der Waals surface area (Å²) in [6, 6.07) is 8.53. The fourth-order valence-electron chi connectivity index (χ4n) is 2.35. The smallest absolute Gasteiger partial charge is 0.337 e. The minimum atomic E-state index is -0.499. The van der Waals surface area contributed by atoms with E-state index in [-0.39, 0.29) is 17.1 Å². The van der Waals surface area contributed by atoms with E-state index in [2.05, 4.69) is 9.72 Å². The Morgan fingerprint density at radius 2 is 2.08 bits per heavy atom.